The lowest BCUT2D eigenvalue weighted by molar-refractivity contribution is -0.130. The zero-order chi connectivity index (χ0) is 13.0. The molecule has 1 N–H and O–H groups in total. The number of hydrogen-bond donors (Lipinski definition) is 1. The first-order chi connectivity index (χ1) is 7.95. The van der Waals surface area contributed by atoms with Crippen LogP contribution in [0.3, 0.4) is 0 Å². The molecular formula is C11H19BrN2O3. The number of alkyl carbamates (subject to hydrolysis) is 1. The maximum absolute atomic E-state index is 12.0. The second kappa shape index (κ2) is 6.23. The normalized spacial score (nSPS) is 21.5. The monoisotopic (exact) mass is 306 g/mol. The zero-order valence-corrected chi connectivity index (χ0v) is 12.0. The van der Waals surface area contributed by atoms with Crippen LogP contribution >= 0.6 is 15.9 Å². The van der Waals surface area contributed by atoms with Gasteiger partial charge in [0.1, 0.15) is 0 Å². The van der Waals surface area contributed by atoms with Gasteiger partial charge in [0.2, 0.25) is 5.91 Å². The fraction of sp³-hybridized carbons (Fsp3) is 0.818. The SMILES string of the molecule is COC(=O)NC1CCN(C(=O)C(Br)C(C)C)C1. The van der Waals surface area contributed by atoms with Crippen molar-refractivity contribution in [2.45, 2.75) is 31.1 Å². The molecule has 0 spiro atoms. The Hall–Kier alpha value is -0.780. The third-order valence-corrected chi connectivity index (χ3v) is 4.28. The standard InChI is InChI=1S/C11H19BrN2O3/c1-7(2)9(12)10(15)14-5-4-8(6-14)13-11(16)17-3/h7-9H,4-6H2,1-3H3,(H,13,16). The van der Waals surface area contributed by atoms with E-state index in [1.807, 2.05) is 13.8 Å². The molecule has 0 aromatic heterocycles. The summed E-state index contributed by atoms with van der Waals surface area (Å²) in [6.07, 6.45) is 0.335. The molecule has 2 unspecified atom stereocenters. The number of ether oxygens (including phenoxy) is 1. The first kappa shape index (κ1) is 14.3. The van der Waals surface area contributed by atoms with Crippen molar-refractivity contribution in [1.82, 2.24) is 10.2 Å². The summed E-state index contributed by atoms with van der Waals surface area (Å²) in [6, 6.07) is -0.00161. The van der Waals surface area contributed by atoms with Crippen LogP contribution in [0.5, 0.6) is 0 Å². The van der Waals surface area contributed by atoms with Crippen molar-refractivity contribution in [2.75, 3.05) is 20.2 Å². The highest BCUT2D eigenvalue weighted by molar-refractivity contribution is 9.10. The molecule has 0 bridgehead atoms. The molecule has 1 heterocycles. The van der Waals surface area contributed by atoms with Crippen LogP contribution in [0.15, 0.2) is 0 Å². The maximum atomic E-state index is 12.0. The van der Waals surface area contributed by atoms with Gasteiger partial charge in [0, 0.05) is 13.1 Å². The van der Waals surface area contributed by atoms with Gasteiger partial charge in [-0.15, -0.1) is 0 Å². The van der Waals surface area contributed by atoms with E-state index in [4.69, 9.17) is 0 Å². The Kier molecular flexibility index (Phi) is 5.24. The van der Waals surface area contributed by atoms with Gasteiger partial charge in [0.15, 0.2) is 0 Å². The van der Waals surface area contributed by atoms with Crippen molar-refractivity contribution in [2.24, 2.45) is 5.92 Å². The highest BCUT2D eigenvalue weighted by Gasteiger charge is 2.31. The topological polar surface area (TPSA) is 58.6 Å². The molecule has 6 heteroatoms. The van der Waals surface area contributed by atoms with Crippen LogP contribution < -0.4 is 5.32 Å². The molecular weight excluding hydrogens is 288 g/mol. The van der Waals surface area contributed by atoms with E-state index < -0.39 is 6.09 Å². The number of rotatable bonds is 3. The number of amides is 2. The minimum atomic E-state index is -0.441. The average molecular weight is 307 g/mol. The van der Waals surface area contributed by atoms with Gasteiger partial charge < -0.3 is 15.0 Å². The van der Waals surface area contributed by atoms with Crippen LogP contribution in [0.2, 0.25) is 0 Å². The van der Waals surface area contributed by atoms with Crippen LogP contribution in [-0.4, -0.2) is 48.0 Å². The summed E-state index contributed by atoms with van der Waals surface area (Å²) in [5.74, 6) is 0.351. The summed E-state index contributed by atoms with van der Waals surface area (Å²) in [4.78, 5) is 24.7. The van der Waals surface area contributed by atoms with Gasteiger partial charge in [-0.1, -0.05) is 29.8 Å². The largest absolute Gasteiger partial charge is 0.453 e. The molecule has 1 rings (SSSR count). The van der Waals surface area contributed by atoms with E-state index in [-0.39, 0.29) is 22.7 Å². The molecule has 5 nitrogen and oxygen atoms in total. The number of carbonyl (C=O) groups is 2. The fourth-order valence-corrected chi connectivity index (χ4v) is 2.05. The van der Waals surface area contributed by atoms with E-state index in [1.54, 1.807) is 4.90 Å². The molecule has 0 aromatic rings. The van der Waals surface area contributed by atoms with Gasteiger partial charge in [0.25, 0.3) is 0 Å². The van der Waals surface area contributed by atoms with E-state index in [9.17, 15) is 9.59 Å². The Morgan fingerprint density at radius 2 is 2.12 bits per heavy atom. The van der Waals surface area contributed by atoms with Crippen LogP contribution in [0.25, 0.3) is 0 Å². The van der Waals surface area contributed by atoms with Crippen molar-refractivity contribution in [3.63, 3.8) is 0 Å². The first-order valence-electron chi connectivity index (χ1n) is 5.73. The number of nitrogens with one attached hydrogen (secondary N) is 1. The number of halogens is 1. The van der Waals surface area contributed by atoms with Crippen molar-refractivity contribution >= 4 is 27.9 Å². The van der Waals surface area contributed by atoms with E-state index >= 15 is 0 Å². The fourth-order valence-electron chi connectivity index (χ4n) is 1.76. The van der Waals surface area contributed by atoms with Gasteiger partial charge in [-0.05, 0) is 12.3 Å². The maximum Gasteiger partial charge on any atom is 0.407 e. The molecule has 2 amide bonds. The quantitative estimate of drug-likeness (QED) is 0.801. The number of hydrogen-bond acceptors (Lipinski definition) is 3. The second-order valence-corrected chi connectivity index (χ2v) is 5.54. The Morgan fingerprint density at radius 3 is 2.65 bits per heavy atom. The Balaban J connectivity index is 2.44. The van der Waals surface area contributed by atoms with Crippen molar-refractivity contribution in [3.05, 3.63) is 0 Å². The van der Waals surface area contributed by atoms with Gasteiger partial charge in [-0.25, -0.2) is 4.79 Å². The lowest BCUT2D eigenvalue weighted by atomic mass is 10.1. The van der Waals surface area contributed by atoms with E-state index in [0.717, 1.165) is 6.42 Å². The molecule has 1 fully saturated rings. The predicted molar refractivity (Wildman–Crippen MR) is 68.1 cm³/mol. The number of methoxy groups -OCH3 is 1. The summed E-state index contributed by atoms with van der Waals surface area (Å²) in [5.41, 5.74) is 0. The van der Waals surface area contributed by atoms with Crippen LogP contribution in [0.4, 0.5) is 4.79 Å². The number of alkyl halides is 1. The lowest BCUT2D eigenvalue weighted by Crippen LogP contribution is -2.41. The first-order valence-corrected chi connectivity index (χ1v) is 6.64. The zero-order valence-electron chi connectivity index (χ0n) is 10.4. The third kappa shape index (κ3) is 3.87. The van der Waals surface area contributed by atoms with Gasteiger partial charge in [0.05, 0.1) is 18.0 Å². The molecule has 1 aliphatic rings. The van der Waals surface area contributed by atoms with E-state index in [0.29, 0.717) is 13.1 Å². The summed E-state index contributed by atoms with van der Waals surface area (Å²) in [5, 5.41) is 2.71. The molecule has 98 valence electrons. The summed E-state index contributed by atoms with van der Waals surface area (Å²) in [7, 11) is 1.33. The summed E-state index contributed by atoms with van der Waals surface area (Å²) >= 11 is 3.40. The van der Waals surface area contributed by atoms with Gasteiger partial charge in [-0.3, -0.25) is 4.79 Å². The summed E-state index contributed by atoms with van der Waals surface area (Å²) in [6.45, 7) is 5.24. The molecule has 0 aliphatic carbocycles. The minimum Gasteiger partial charge on any atom is -0.453 e. The Labute approximate surface area is 110 Å². The van der Waals surface area contributed by atoms with Crippen molar-refractivity contribution in [1.29, 1.82) is 0 Å². The van der Waals surface area contributed by atoms with Crippen molar-refractivity contribution < 1.29 is 14.3 Å². The molecule has 0 radical (unpaired) electrons. The smallest absolute Gasteiger partial charge is 0.407 e. The second-order valence-electron chi connectivity index (χ2n) is 4.55. The molecule has 0 saturated carbocycles. The van der Waals surface area contributed by atoms with E-state index in [2.05, 4.69) is 26.0 Å². The molecule has 1 aliphatic heterocycles. The van der Waals surface area contributed by atoms with Crippen LogP contribution in [0.1, 0.15) is 20.3 Å². The van der Waals surface area contributed by atoms with Gasteiger partial charge >= 0.3 is 6.09 Å². The Bertz CT molecular complexity index is 296. The molecule has 17 heavy (non-hydrogen) atoms. The van der Waals surface area contributed by atoms with Crippen molar-refractivity contribution in [3.8, 4) is 0 Å². The van der Waals surface area contributed by atoms with Gasteiger partial charge in [-0.2, -0.15) is 0 Å². The minimum absolute atomic E-state index is 0.00161. The predicted octanol–water partition coefficient (Wildman–Crippen LogP) is 1.36. The number of carbonyl (C=O) groups excluding carboxylic acids is 2. The van der Waals surface area contributed by atoms with E-state index in [1.165, 1.54) is 7.11 Å². The number of nitrogens with zero attached hydrogens (tertiary/aromatic N) is 1. The average Bonchev–Trinajstić information content (AvgIpc) is 2.75. The highest BCUT2D eigenvalue weighted by atomic mass is 79.9. The summed E-state index contributed by atoms with van der Waals surface area (Å²) < 4.78 is 4.53. The van der Waals surface area contributed by atoms with Crippen LogP contribution in [0, 0.1) is 5.92 Å². The molecule has 2 atom stereocenters. The third-order valence-electron chi connectivity index (χ3n) is 2.83. The number of likely N-dealkylation sites (tertiary alicyclic amines) is 1. The lowest BCUT2D eigenvalue weighted by Gasteiger charge is -2.22. The Morgan fingerprint density at radius 1 is 1.47 bits per heavy atom. The highest BCUT2D eigenvalue weighted by Crippen LogP contribution is 2.19. The molecule has 0 aromatic carbocycles. The van der Waals surface area contributed by atoms with Crippen LogP contribution in [-0.2, 0) is 9.53 Å². The molecule has 1 saturated heterocycles.